The second-order valence-corrected chi connectivity index (χ2v) is 9.03. The van der Waals surface area contributed by atoms with Crippen molar-refractivity contribution in [2.45, 2.75) is 18.7 Å². The first kappa shape index (κ1) is 20.3. The van der Waals surface area contributed by atoms with Crippen molar-refractivity contribution in [3.63, 3.8) is 0 Å². The Kier molecular flexibility index (Phi) is 5.12. The lowest BCUT2D eigenvalue weighted by Crippen LogP contribution is -2.33. The highest BCUT2D eigenvalue weighted by Crippen LogP contribution is 2.48. The molecule has 0 saturated carbocycles. The zero-order valence-corrected chi connectivity index (χ0v) is 18.9. The van der Waals surface area contributed by atoms with Gasteiger partial charge in [-0.25, -0.2) is 5.01 Å². The van der Waals surface area contributed by atoms with E-state index in [0.29, 0.717) is 22.8 Å². The summed E-state index contributed by atoms with van der Waals surface area (Å²) in [6.45, 7) is 0. The average Bonchev–Trinajstić information content (AvgIpc) is 3.20. The summed E-state index contributed by atoms with van der Waals surface area (Å²) in [5.74, 6) is 0.681. The first-order chi connectivity index (χ1) is 14.9. The van der Waals surface area contributed by atoms with Crippen LogP contribution in [0.3, 0.4) is 0 Å². The Morgan fingerprint density at radius 1 is 1.10 bits per heavy atom. The zero-order chi connectivity index (χ0) is 21.7. The van der Waals surface area contributed by atoms with Crippen LogP contribution < -0.4 is 4.74 Å². The van der Waals surface area contributed by atoms with Crippen molar-refractivity contribution in [2.75, 3.05) is 0 Å². The number of halogens is 3. The normalized spacial score (nSPS) is 19.3. The topological polar surface area (TPSA) is 68.0 Å². The van der Waals surface area contributed by atoms with Gasteiger partial charge in [0.15, 0.2) is 0 Å². The van der Waals surface area contributed by atoms with Gasteiger partial charge in [0.25, 0.3) is 5.69 Å². The Balaban J connectivity index is 1.61. The van der Waals surface area contributed by atoms with Gasteiger partial charge in [-0.1, -0.05) is 57.3 Å². The van der Waals surface area contributed by atoms with Crippen molar-refractivity contribution in [2.24, 2.45) is 5.10 Å². The van der Waals surface area contributed by atoms with Crippen molar-refractivity contribution < 1.29 is 9.66 Å². The Labute approximate surface area is 196 Å². The van der Waals surface area contributed by atoms with Crippen molar-refractivity contribution in [1.82, 2.24) is 5.01 Å². The number of rotatable bonds is 3. The summed E-state index contributed by atoms with van der Waals surface area (Å²) in [6.07, 6.45) is 0.0208. The van der Waals surface area contributed by atoms with E-state index in [0.717, 1.165) is 21.3 Å². The summed E-state index contributed by atoms with van der Waals surface area (Å²) >= 11 is 15.7. The van der Waals surface area contributed by atoms with E-state index in [1.807, 2.05) is 41.4 Å². The fourth-order valence-corrected chi connectivity index (χ4v) is 4.55. The summed E-state index contributed by atoms with van der Waals surface area (Å²) in [4.78, 5) is 10.9. The van der Waals surface area contributed by atoms with Gasteiger partial charge in [0.1, 0.15) is 10.8 Å². The number of nitro groups is 1. The maximum Gasteiger partial charge on any atom is 0.288 e. The summed E-state index contributed by atoms with van der Waals surface area (Å²) in [5.41, 5.74) is 3.27. The minimum atomic E-state index is -0.636. The molecule has 0 unspecified atom stereocenters. The number of ether oxygens (including phenoxy) is 1. The summed E-state index contributed by atoms with van der Waals surface area (Å²) in [6, 6.07) is 18.0. The minimum absolute atomic E-state index is 0.0776. The fourth-order valence-electron chi connectivity index (χ4n) is 3.92. The number of nitro benzene ring substituents is 1. The molecule has 2 heterocycles. The van der Waals surface area contributed by atoms with Gasteiger partial charge < -0.3 is 4.74 Å². The SMILES string of the molecule is O=[N+]([O-])c1cc([C@H]2Oc3ccc(Cl)cc3[C@H]3CC(c4ccc(Br)cc4)=NN32)ccc1Cl. The van der Waals surface area contributed by atoms with Crippen LogP contribution in [0.25, 0.3) is 0 Å². The quantitative estimate of drug-likeness (QED) is 0.279. The standard InChI is InChI=1S/C22H14BrCl2N3O3/c23-14-4-1-12(2-5-14)18-11-19-16-10-15(24)6-8-21(16)31-22(27(19)26-18)13-3-7-17(25)20(9-13)28(29)30/h1-10,19,22H,11H2/t19-,22-/m1/s1. The van der Waals surface area contributed by atoms with Gasteiger partial charge in [-0.3, -0.25) is 10.1 Å². The molecule has 0 aliphatic carbocycles. The first-order valence-electron chi connectivity index (χ1n) is 9.42. The highest BCUT2D eigenvalue weighted by Gasteiger charge is 2.41. The molecule has 0 radical (unpaired) electrons. The van der Waals surface area contributed by atoms with Crippen LogP contribution in [-0.2, 0) is 0 Å². The van der Waals surface area contributed by atoms with Gasteiger partial charge in [-0.05, 0) is 42.0 Å². The van der Waals surface area contributed by atoms with Gasteiger partial charge in [0.05, 0.1) is 16.7 Å². The van der Waals surface area contributed by atoms with E-state index in [1.54, 1.807) is 12.1 Å². The molecule has 0 spiro atoms. The number of fused-ring (bicyclic) bond motifs is 3. The summed E-state index contributed by atoms with van der Waals surface area (Å²) in [7, 11) is 0. The Morgan fingerprint density at radius 3 is 2.61 bits per heavy atom. The van der Waals surface area contributed by atoms with Gasteiger partial charge in [0.2, 0.25) is 6.23 Å². The predicted molar refractivity (Wildman–Crippen MR) is 123 cm³/mol. The molecule has 0 saturated heterocycles. The van der Waals surface area contributed by atoms with E-state index in [9.17, 15) is 10.1 Å². The molecular weight excluding hydrogens is 505 g/mol. The Hall–Kier alpha value is -2.61. The van der Waals surface area contributed by atoms with Gasteiger partial charge in [-0.15, -0.1) is 0 Å². The third-order valence-corrected chi connectivity index (χ3v) is 6.46. The third kappa shape index (κ3) is 3.67. The predicted octanol–water partition coefficient (Wildman–Crippen LogP) is 6.91. The summed E-state index contributed by atoms with van der Waals surface area (Å²) < 4.78 is 7.24. The van der Waals surface area contributed by atoms with E-state index in [-0.39, 0.29) is 16.8 Å². The van der Waals surface area contributed by atoms with Crippen molar-refractivity contribution in [3.05, 3.63) is 102 Å². The molecule has 9 heteroatoms. The van der Waals surface area contributed by atoms with E-state index in [1.165, 1.54) is 12.1 Å². The Bertz CT molecular complexity index is 1230. The molecule has 6 nitrogen and oxygen atoms in total. The first-order valence-corrected chi connectivity index (χ1v) is 11.0. The van der Waals surface area contributed by atoms with Crippen LogP contribution in [0.4, 0.5) is 5.69 Å². The van der Waals surface area contributed by atoms with Crippen LogP contribution in [-0.4, -0.2) is 15.6 Å². The molecular formula is C22H14BrCl2N3O3. The molecule has 2 aliphatic rings. The lowest BCUT2D eigenvalue weighted by Gasteiger charge is -2.38. The van der Waals surface area contributed by atoms with E-state index < -0.39 is 11.2 Å². The molecule has 2 aliphatic heterocycles. The van der Waals surface area contributed by atoms with Crippen LogP contribution in [0, 0.1) is 10.1 Å². The molecule has 3 aromatic carbocycles. The highest BCUT2D eigenvalue weighted by molar-refractivity contribution is 9.10. The van der Waals surface area contributed by atoms with Crippen LogP contribution in [0.2, 0.25) is 10.0 Å². The zero-order valence-electron chi connectivity index (χ0n) is 15.8. The molecule has 0 amide bonds. The van der Waals surface area contributed by atoms with Crippen molar-refractivity contribution >= 4 is 50.5 Å². The molecule has 3 aromatic rings. The largest absolute Gasteiger partial charge is 0.464 e. The van der Waals surface area contributed by atoms with Gasteiger partial charge in [-0.2, -0.15) is 5.10 Å². The van der Waals surface area contributed by atoms with Crippen LogP contribution >= 0.6 is 39.1 Å². The fraction of sp³-hybridized carbons (Fsp3) is 0.136. The maximum atomic E-state index is 11.4. The van der Waals surface area contributed by atoms with E-state index in [4.69, 9.17) is 33.0 Å². The minimum Gasteiger partial charge on any atom is -0.464 e. The molecule has 0 aromatic heterocycles. The second kappa shape index (κ2) is 7.82. The van der Waals surface area contributed by atoms with Crippen LogP contribution in [0.5, 0.6) is 5.75 Å². The lowest BCUT2D eigenvalue weighted by molar-refractivity contribution is -0.384. The second-order valence-electron chi connectivity index (χ2n) is 7.27. The molecule has 156 valence electrons. The number of nitrogens with zero attached hydrogens (tertiary/aromatic N) is 3. The van der Waals surface area contributed by atoms with Crippen LogP contribution in [0.15, 0.2) is 70.2 Å². The average molecular weight is 519 g/mol. The molecule has 0 N–H and O–H groups in total. The number of hydrogen-bond acceptors (Lipinski definition) is 5. The van der Waals surface area contributed by atoms with Crippen molar-refractivity contribution in [3.8, 4) is 5.75 Å². The number of hydrazone groups is 1. The molecule has 31 heavy (non-hydrogen) atoms. The number of benzene rings is 3. The highest BCUT2D eigenvalue weighted by atomic mass is 79.9. The molecule has 2 atom stereocenters. The summed E-state index contributed by atoms with van der Waals surface area (Å²) in [5, 5.41) is 18.8. The molecule has 5 rings (SSSR count). The van der Waals surface area contributed by atoms with E-state index >= 15 is 0 Å². The maximum absolute atomic E-state index is 11.4. The lowest BCUT2D eigenvalue weighted by atomic mass is 9.96. The third-order valence-electron chi connectivity index (χ3n) is 5.38. The van der Waals surface area contributed by atoms with E-state index in [2.05, 4.69) is 15.9 Å². The van der Waals surface area contributed by atoms with Crippen LogP contribution in [0.1, 0.15) is 35.4 Å². The molecule has 0 fully saturated rings. The smallest absolute Gasteiger partial charge is 0.288 e. The van der Waals surface area contributed by atoms with Gasteiger partial charge >= 0.3 is 0 Å². The monoisotopic (exact) mass is 517 g/mol. The number of hydrogen-bond donors (Lipinski definition) is 0. The van der Waals surface area contributed by atoms with Crippen molar-refractivity contribution in [1.29, 1.82) is 0 Å². The van der Waals surface area contributed by atoms with Gasteiger partial charge in [0, 0.05) is 33.1 Å². The molecule has 0 bridgehead atoms. The Morgan fingerprint density at radius 2 is 1.87 bits per heavy atom.